The minimum absolute atomic E-state index is 0.0205. The molecule has 0 saturated heterocycles. The molecule has 0 aliphatic heterocycles. The standard InChI is InChI=1S/C15H21NO4/c1-2-10-20-14-6-4-13(5-7-14)15(18)16-8-3-11-19-12-9-17/h2,4-7,17H,1,3,8-12H2,(H,16,18). The van der Waals surface area contributed by atoms with Crippen molar-refractivity contribution in [1.82, 2.24) is 5.32 Å². The normalized spacial score (nSPS) is 10.1. The average molecular weight is 279 g/mol. The zero-order valence-electron chi connectivity index (χ0n) is 11.5. The summed E-state index contributed by atoms with van der Waals surface area (Å²) in [6.07, 6.45) is 2.38. The van der Waals surface area contributed by atoms with Crippen LogP contribution in [0.4, 0.5) is 0 Å². The van der Waals surface area contributed by atoms with Gasteiger partial charge >= 0.3 is 0 Å². The first-order chi connectivity index (χ1) is 9.77. The molecule has 20 heavy (non-hydrogen) atoms. The van der Waals surface area contributed by atoms with E-state index in [2.05, 4.69) is 11.9 Å². The number of hydrogen-bond donors (Lipinski definition) is 2. The van der Waals surface area contributed by atoms with Crippen molar-refractivity contribution in [3.8, 4) is 5.75 Å². The van der Waals surface area contributed by atoms with Crippen LogP contribution in [0.1, 0.15) is 16.8 Å². The highest BCUT2D eigenvalue weighted by Gasteiger charge is 2.04. The second-order valence-corrected chi connectivity index (χ2v) is 4.07. The van der Waals surface area contributed by atoms with E-state index in [0.717, 1.165) is 0 Å². The summed E-state index contributed by atoms with van der Waals surface area (Å²) in [6, 6.07) is 6.94. The van der Waals surface area contributed by atoms with Gasteiger partial charge in [-0.2, -0.15) is 0 Å². The first kappa shape index (κ1) is 16.2. The van der Waals surface area contributed by atoms with Crippen LogP contribution in [0.5, 0.6) is 5.75 Å². The zero-order chi connectivity index (χ0) is 14.6. The van der Waals surface area contributed by atoms with Gasteiger partial charge in [0.25, 0.3) is 5.91 Å². The van der Waals surface area contributed by atoms with E-state index in [0.29, 0.717) is 44.1 Å². The van der Waals surface area contributed by atoms with E-state index in [1.54, 1.807) is 30.3 Å². The molecule has 1 rings (SSSR count). The minimum atomic E-state index is -0.123. The molecule has 110 valence electrons. The largest absolute Gasteiger partial charge is 0.490 e. The lowest BCUT2D eigenvalue weighted by Crippen LogP contribution is -2.25. The van der Waals surface area contributed by atoms with E-state index in [1.165, 1.54) is 0 Å². The van der Waals surface area contributed by atoms with Crippen LogP contribution in [0.2, 0.25) is 0 Å². The van der Waals surface area contributed by atoms with Crippen LogP contribution in [0, 0.1) is 0 Å². The van der Waals surface area contributed by atoms with Gasteiger partial charge in [0.2, 0.25) is 0 Å². The number of ether oxygens (including phenoxy) is 2. The number of carbonyl (C=O) groups is 1. The zero-order valence-corrected chi connectivity index (χ0v) is 11.5. The molecule has 0 atom stereocenters. The Hall–Kier alpha value is -1.85. The Labute approximate surface area is 119 Å². The number of amides is 1. The predicted molar refractivity (Wildman–Crippen MR) is 77.0 cm³/mol. The molecule has 0 aliphatic carbocycles. The summed E-state index contributed by atoms with van der Waals surface area (Å²) in [4.78, 5) is 11.8. The van der Waals surface area contributed by atoms with Crippen molar-refractivity contribution in [3.63, 3.8) is 0 Å². The highest BCUT2D eigenvalue weighted by atomic mass is 16.5. The van der Waals surface area contributed by atoms with E-state index in [4.69, 9.17) is 14.6 Å². The smallest absolute Gasteiger partial charge is 0.251 e. The number of aliphatic hydroxyl groups is 1. The van der Waals surface area contributed by atoms with Crippen LogP contribution < -0.4 is 10.1 Å². The molecule has 0 unspecified atom stereocenters. The molecule has 1 amide bonds. The van der Waals surface area contributed by atoms with E-state index in [9.17, 15) is 4.79 Å². The quantitative estimate of drug-likeness (QED) is 0.501. The highest BCUT2D eigenvalue weighted by Crippen LogP contribution is 2.12. The maximum atomic E-state index is 11.8. The second kappa shape index (κ2) is 10.00. The van der Waals surface area contributed by atoms with Gasteiger partial charge in [-0.1, -0.05) is 12.7 Å². The highest BCUT2D eigenvalue weighted by molar-refractivity contribution is 5.94. The molecule has 0 heterocycles. The fourth-order valence-electron chi connectivity index (χ4n) is 1.50. The third kappa shape index (κ3) is 6.36. The monoisotopic (exact) mass is 279 g/mol. The van der Waals surface area contributed by atoms with Gasteiger partial charge in [-0.05, 0) is 30.7 Å². The van der Waals surface area contributed by atoms with E-state index in [1.807, 2.05) is 0 Å². The number of carbonyl (C=O) groups excluding carboxylic acids is 1. The SMILES string of the molecule is C=CCOc1ccc(C(=O)NCCCOCCO)cc1. The molecule has 0 saturated carbocycles. The van der Waals surface area contributed by atoms with Crippen LogP contribution in [0.3, 0.4) is 0 Å². The summed E-state index contributed by atoms with van der Waals surface area (Å²) in [6.45, 7) is 5.43. The summed E-state index contributed by atoms with van der Waals surface area (Å²) < 4.78 is 10.4. The molecule has 0 aliphatic rings. The Balaban J connectivity index is 2.27. The number of hydrogen-bond acceptors (Lipinski definition) is 4. The van der Waals surface area contributed by atoms with Crippen molar-refractivity contribution in [2.75, 3.05) is 33.0 Å². The number of rotatable bonds is 10. The van der Waals surface area contributed by atoms with Crippen LogP contribution in [0.15, 0.2) is 36.9 Å². The van der Waals surface area contributed by atoms with Crippen LogP contribution >= 0.6 is 0 Å². The van der Waals surface area contributed by atoms with Crippen LogP contribution in [-0.2, 0) is 4.74 Å². The fraction of sp³-hybridized carbons (Fsp3) is 0.400. The second-order valence-electron chi connectivity index (χ2n) is 4.07. The molecule has 0 fully saturated rings. The van der Waals surface area contributed by atoms with Crippen LogP contribution in [-0.4, -0.2) is 44.0 Å². The van der Waals surface area contributed by atoms with Gasteiger partial charge in [-0.15, -0.1) is 0 Å². The molecule has 1 aromatic carbocycles. The number of benzene rings is 1. The van der Waals surface area contributed by atoms with Gasteiger partial charge in [-0.25, -0.2) is 0 Å². The van der Waals surface area contributed by atoms with Gasteiger partial charge < -0.3 is 19.9 Å². The number of aliphatic hydroxyl groups excluding tert-OH is 1. The summed E-state index contributed by atoms with van der Waals surface area (Å²) >= 11 is 0. The minimum Gasteiger partial charge on any atom is -0.490 e. The number of nitrogens with one attached hydrogen (secondary N) is 1. The average Bonchev–Trinajstić information content (AvgIpc) is 2.49. The van der Waals surface area contributed by atoms with E-state index in [-0.39, 0.29) is 12.5 Å². The van der Waals surface area contributed by atoms with Crippen molar-refractivity contribution < 1.29 is 19.4 Å². The van der Waals surface area contributed by atoms with Crippen LogP contribution in [0.25, 0.3) is 0 Å². The first-order valence-corrected chi connectivity index (χ1v) is 6.58. The molecule has 5 heteroatoms. The van der Waals surface area contributed by atoms with Gasteiger partial charge in [0.05, 0.1) is 13.2 Å². The third-order valence-corrected chi connectivity index (χ3v) is 2.47. The van der Waals surface area contributed by atoms with Gasteiger partial charge in [-0.3, -0.25) is 4.79 Å². The van der Waals surface area contributed by atoms with Crippen molar-refractivity contribution in [2.45, 2.75) is 6.42 Å². The van der Waals surface area contributed by atoms with Gasteiger partial charge in [0.1, 0.15) is 12.4 Å². The Morgan fingerprint density at radius 3 is 2.70 bits per heavy atom. The molecule has 0 spiro atoms. The molecular formula is C15H21NO4. The molecular weight excluding hydrogens is 258 g/mol. The third-order valence-electron chi connectivity index (χ3n) is 2.47. The van der Waals surface area contributed by atoms with Crippen molar-refractivity contribution >= 4 is 5.91 Å². The van der Waals surface area contributed by atoms with Crippen molar-refractivity contribution in [1.29, 1.82) is 0 Å². The maximum Gasteiger partial charge on any atom is 0.251 e. The van der Waals surface area contributed by atoms with E-state index < -0.39 is 0 Å². The summed E-state index contributed by atoms with van der Waals surface area (Å²) in [5.74, 6) is 0.585. The van der Waals surface area contributed by atoms with Crippen molar-refractivity contribution in [3.05, 3.63) is 42.5 Å². The molecule has 0 bridgehead atoms. The lowest BCUT2D eigenvalue weighted by Gasteiger charge is -2.07. The van der Waals surface area contributed by atoms with Crippen molar-refractivity contribution in [2.24, 2.45) is 0 Å². The summed E-state index contributed by atoms with van der Waals surface area (Å²) in [7, 11) is 0. The van der Waals surface area contributed by atoms with E-state index >= 15 is 0 Å². The summed E-state index contributed by atoms with van der Waals surface area (Å²) in [5, 5.41) is 11.3. The Bertz CT molecular complexity index is 403. The lowest BCUT2D eigenvalue weighted by molar-refractivity contribution is 0.0867. The Morgan fingerprint density at radius 1 is 1.30 bits per heavy atom. The summed E-state index contributed by atoms with van der Waals surface area (Å²) in [5.41, 5.74) is 0.590. The Kier molecular flexibility index (Phi) is 8.10. The first-order valence-electron chi connectivity index (χ1n) is 6.58. The molecule has 5 nitrogen and oxygen atoms in total. The Morgan fingerprint density at radius 2 is 2.05 bits per heavy atom. The fourth-order valence-corrected chi connectivity index (χ4v) is 1.50. The molecule has 0 radical (unpaired) electrons. The lowest BCUT2D eigenvalue weighted by atomic mass is 10.2. The molecule has 2 N–H and O–H groups in total. The maximum absolute atomic E-state index is 11.8. The predicted octanol–water partition coefficient (Wildman–Crippen LogP) is 1.38. The van der Waals surface area contributed by atoms with Gasteiger partial charge in [0.15, 0.2) is 0 Å². The van der Waals surface area contributed by atoms with Gasteiger partial charge in [0, 0.05) is 18.7 Å². The topological polar surface area (TPSA) is 67.8 Å². The molecule has 1 aromatic rings. The molecule has 0 aromatic heterocycles.